The van der Waals surface area contributed by atoms with Crippen LogP contribution in [0.25, 0.3) is 0 Å². The van der Waals surface area contributed by atoms with E-state index in [9.17, 15) is 9.59 Å². The molecule has 0 aliphatic rings. The van der Waals surface area contributed by atoms with Crippen LogP contribution in [0, 0.1) is 0 Å². The molecule has 0 aromatic heterocycles. The third-order valence-electron chi connectivity index (χ3n) is 2.55. The Hall–Kier alpha value is -1.10. The SMILES string of the molecule is CCNC(=O)CCN(CC(=O)O)C(C)CC. The minimum absolute atomic E-state index is 0.00554. The maximum Gasteiger partial charge on any atom is 0.317 e. The molecular formula is C11H22N2O3. The van der Waals surface area contributed by atoms with Gasteiger partial charge in [-0.1, -0.05) is 6.92 Å². The minimum atomic E-state index is -0.851. The summed E-state index contributed by atoms with van der Waals surface area (Å²) in [4.78, 5) is 23.7. The second kappa shape index (κ2) is 8.10. The molecule has 0 aliphatic heterocycles. The van der Waals surface area contributed by atoms with Gasteiger partial charge >= 0.3 is 5.97 Å². The summed E-state index contributed by atoms with van der Waals surface area (Å²) in [6.07, 6.45) is 1.23. The van der Waals surface area contributed by atoms with Gasteiger partial charge in [-0.25, -0.2) is 0 Å². The molecule has 0 aromatic rings. The van der Waals surface area contributed by atoms with Crippen LogP contribution in [0.3, 0.4) is 0 Å². The van der Waals surface area contributed by atoms with E-state index in [-0.39, 0.29) is 18.5 Å². The molecule has 1 amide bonds. The second-order valence-corrected chi connectivity index (χ2v) is 3.82. The van der Waals surface area contributed by atoms with Crippen LogP contribution in [0.4, 0.5) is 0 Å². The molecule has 5 nitrogen and oxygen atoms in total. The van der Waals surface area contributed by atoms with Crippen molar-refractivity contribution in [2.45, 2.75) is 39.7 Å². The van der Waals surface area contributed by atoms with Crippen molar-refractivity contribution in [2.24, 2.45) is 0 Å². The molecule has 94 valence electrons. The number of aliphatic carboxylic acids is 1. The first-order valence-electron chi connectivity index (χ1n) is 5.73. The lowest BCUT2D eigenvalue weighted by Crippen LogP contribution is -2.39. The number of carbonyl (C=O) groups excluding carboxylic acids is 1. The molecule has 2 N–H and O–H groups in total. The third-order valence-corrected chi connectivity index (χ3v) is 2.55. The lowest BCUT2D eigenvalue weighted by molar-refractivity contribution is -0.139. The third kappa shape index (κ3) is 6.40. The molecule has 5 heteroatoms. The van der Waals surface area contributed by atoms with E-state index >= 15 is 0 Å². The summed E-state index contributed by atoms with van der Waals surface area (Å²) in [5, 5.41) is 11.5. The molecular weight excluding hydrogens is 208 g/mol. The van der Waals surface area contributed by atoms with Crippen LogP contribution < -0.4 is 5.32 Å². The average molecular weight is 230 g/mol. The van der Waals surface area contributed by atoms with E-state index in [4.69, 9.17) is 5.11 Å². The molecule has 0 aliphatic carbocycles. The molecule has 1 unspecified atom stereocenters. The van der Waals surface area contributed by atoms with E-state index in [1.165, 1.54) is 0 Å². The lowest BCUT2D eigenvalue weighted by atomic mass is 10.2. The van der Waals surface area contributed by atoms with Gasteiger partial charge in [-0.05, 0) is 20.3 Å². The molecule has 0 rings (SSSR count). The average Bonchev–Trinajstić information content (AvgIpc) is 2.23. The Bertz CT molecular complexity index is 231. The molecule has 0 fully saturated rings. The van der Waals surface area contributed by atoms with Gasteiger partial charge in [0.2, 0.25) is 5.91 Å². The Balaban J connectivity index is 4.10. The summed E-state index contributed by atoms with van der Waals surface area (Å²) >= 11 is 0. The fraction of sp³-hybridized carbons (Fsp3) is 0.818. The Morgan fingerprint density at radius 3 is 2.44 bits per heavy atom. The molecule has 0 radical (unpaired) electrons. The molecule has 1 atom stereocenters. The Kier molecular flexibility index (Phi) is 7.54. The van der Waals surface area contributed by atoms with E-state index in [0.717, 1.165) is 6.42 Å². The molecule has 16 heavy (non-hydrogen) atoms. The number of amides is 1. The summed E-state index contributed by atoms with van der Waals surface area (Å²) in [5.41, 5.74) is 0. The van der Waals surface area contributed by atoms with E-state index in [1.54, 1.807) is 0 Å². The van der Waals surface area contributed by atoms with E-state index in [0.29, 0.717) is 19.5 Å². The Labute approximate surface area is 96.8 Å². The first-order chi connectivity index (χ1) is 7.51. The molecule has 0 saturated carbocycles. The molecule has 0 spiro atoms. The van der Waals surface area contributed by atoms with Gasteiger partial charge in [0.15, 0.2) is 0 Å². The van der Waals surface area contributed by atoms with Crippen LogP contribution in [0.2, 0.25) is 0 Å². The number of carboxylic acid groups (broad SMARTS) is 1. The zero-order valence-electron chi connectivity index (χ0n) is 10.3. The van der Waals surface area contributed by atoms with E-state index in [2.05, 4.69) is 5.32 Å². The van der Waals surface area contributed by atoms with Gasteiger partial charge < -0.3 is 10.4 Å². The lowest BCUT2D eigenvalue weighted by Gasteiger charge is -2.26. The van der Waals surface area contributed by atoms with Gasteiger partial charge in [0, 0.05) is 25.6 Å². The standard InChI is InChI=1S/C11H22N2O3/c1-4-9(3)13(8-11(15)16)7-6-10(14)12-5-2/h9H,4-8H2,1-3H3,(H,12,14)(H,15,16). The van der Waals surface area contributed by atoms with Crippen molar-refractivity contribution in [3.63, 3.8) is 0 Å². The summed E-state index contributed by atoms with van der Waals surface area (Å²) in [6, 6.07) is 0.186. The van der Waals surface area contributed by atoms with Gasteiger partial charge in [0.1, 0.15) is 0 Å². The zero-order valence-corrected chi connectivity index (χ0v) is 10.3. The highest BCUT2D eigenvalue weighted by Gasteiger charge is 2.16. The zero-order chi connectivity index (χ0) is 12.6. The summed E-state index contributed by atoms with van der Waals surface area (Å²) < 4.78 is 0. The highest BCUT2D eigenvalue weighted by atomic mass is 16.4. The monoisotopic (exact) mass is 230 g/mol. The molecule has 0 heterocycles. The van der Waals surface area contributed by atoms with Crippen molar-refractivity contribution in [1.29, 1.82) is 0 Å². The number of carbonyl (C=O) groups is 2. The number of carboxylic acids is 1. The van der Waals surface area contributed by atoms with Crippen molar-refractivity contribution in [1.82, 2.24) is 10.2 Å². The van der Waals surface area contributed by atoms with Gasteiger partial charge in [-0.2, -0.15) is 0 Å². The van der Waals surface area contributed by atoms with Crippen LogP contribution in [0.15, 0.2) is 0 Å². The predicted molar refractivity (Wildman–Crippen MR) is 62.3 cm³/mol. The second-order valence-electron chi connectivity index (χ2n) is 3.82. The summed E-state index contributed by atoms with van der Waals surface area (Å²) in [5.74, 6) is -0.877. The first-order valence-corrected chi connectivity index (χ1v) is 5.73. The quantitative estimate of drug-likeness (QED) is 0.644. The van der Waals surface area contributed by atoms with Crippen molar-refractivity contribution in [2.75, 3.05) is 19.6 Å². The fourth-order valence-electron chi connectivity index (χ4n) is 1.42. The van der Waals surface area contributed by atoms with Crippen molar-refractivity contribution in [3.05, 3.63) is 0 Å². The van der Waals surface area contributed by atoms with Crippen LogP contribution in [0.5, 0.6) is 0 Å². The topological polar surface area (TPSA) is 69.6 Å². The number of nitrogens with one attached hydrogen (secondary N) is 1. The normalized spacial score (nSPS) is 12.5. The van der Waals surface area contributed by atoms with Gasteiger partial charge in [0.05, 0.1) is 6.54 Å². The number of nitrogens with zero attached hydrogens (tertiary/aromatic N) is 1. The van der Waals surface area contributed by atoms with Crippen LogP contribution in [0.1, 0.15) is 33.6 Å². The smallest absolute Gasteiger partial charge is 0.317 e. The molecule has 0 bridgehead atoms. The fourth-order valence-corrected chi connectivity index (χ4v) is 1.42. The highest BCUT2D eigenvalue weighted by molar-refractivity contribution is 5.76. The Morgan fingerprint density at radius 1 is 1.38 bits per heavy atom. The summed E-state index contributed by atoms with van der Waals surface area (Å²) in [6.45, 7) is 6.94. The first kappa shape index (κ1) is 14.9. The van der Waals surface area contributed by atoms with Crippen molar-refractivity contribution >= 4 is 11.9 Å². The largest absolute Gasteiger partial charge is 0.480 e. The number of hydrogen-bond acceptors (Lipinski definition) is 3. The van der Waals surface area contributed by atoms with Crippen LogP contribution >= 0.6 is 0 Å². The van der Waals surface area contributed by atoms with Crippen LogP contribution in [-0.4, -0.2) is 47.6 Å². The highest BCUT2D eigenvalue weighted by Crippen LogP contribution is 2.04. The van der Waals surface area contributed by atoms with Crippen molar-refractivity contribution in [3.8, 4) is 0 Å². The van der Waals surface area contributed by atoms with Gasteiger partial charge in [-0.3, -0.25) is 14.5 Å². The molecule has 0 aromatic carbocycles. The summed E-state index contributed by atoms with van der Waals surface area (Å²) in [7, 11) is 0. The predicted octanol–water partition coefficient (Wildman–Crippen LogP) is 0.698. The minimum Gasteiger partial charge on any atom is -0.480 e. The maximum absolute atomic E-state index is 11.3. The van der Waals surface area contributed by atoms with Gasteiger partial charge in [0.25, 0.3) is 0 Å². The van der Waals surface area contributed by atoms with Gasteiger partial charge in [-0.15, -0.1) is 0 Å². The number of hydrogen-bond donors (Lipinski definition) is 2. The van der Waals surface area contributed by atoms with Crippen LogP contribution in [-0.2, 0) is 9.59 Å². The van der Waals surface area contributed by atoms with E-state index < -0.39 is 5.97 Å². The number of rotatable bonds is 8. The maximum atomic E-state index is 11.3. The molecule has 0 saturated heterocycles. The van der Waals surface area contributed by atoms with Crippen molar-refractivity contribution < 1.29 is 14.7 Å². The van der Waals surface area contributed by atoms with E-state index in [1.807, 2.05) is 25.7 Å². The Morgan fingerprint density at radius 2 is 2.00 bits per heavy atom.